The van der Waals surface area contributed by atoms with Gasteiger partial charge in [-0.15, -0.1) is 0 Å². The van der Waals surface area contributed by atoms with Crippen LogP contribution in [0.5, 0.6) is 11.5 Å². The zero-order valence-corrected chi connectivity index (χ0v) is 22.0. The van der Waals surface area contributed by atoms with Gasteiger partial charge in [0.05, 0.1) is 39.7 Å². The van der Waals surface area contributed by atoms with E-state index in [0.717, 1.165) is 26.1 Å². The molecule has 1 heterocycles. The first kappa shape index (κ1) is 28.9. The molecule has 0 fully saturated rings. The van der Waals surface area contributed by atoms with E-state index in [4.69, 9.17) is 14.6 Å². The van der Waals surface area contributed by atoms with Crippen molar-refractivity contribution in [2.75, 3.05) is 27.3 Å². The van der Waals surface area contributed by atoms with Crippen molar-refractivity contribution in [1.29, 1.82) is 0 Å². The third-order valence-electron chi connectivity index (χ3n) is 6.11. The molecule has 1 aromatic heterocycles. The average Bonchev–Trinajstić information content (AvgIpc) is 3.27. The second-order valence-electron chi connectivity index (χ2n) is 8.64. The predicted octanol–water partition coefficient (Wildman–Crippen LogP) is 2.42. The first-order chi connectivity index (χ1) is 18.8. The van der Waals surface area contributed by atoms with Crippen LogP contribution in [0.2, 0.25) is 0 Å². The predicted molar refractivity (Wildman–Crippen MR) is 146 cm³/mol. The van der Waals surface area contributed by atoms with Gasteiger partial charge in [0.1, 0.15) is 0 Å². The fourth-order valence-electron chi connectivity index (χ4n) is 4.31. The van der Waals surface area contributed by atoms with E-state index in [2.05, 4.69) is 58.4 Å². The zero-order chi connectivity index (χ0) is 28.2. The standard InChI is InChI=1S/C26H28N2O3.C4H4O4/c1-30-25-13-12-19(18-26(25)31-2)24(29)14-16-27-15-7-17-28-22-10-5-3-8-20(22)21-9-4-6-11-23(21)28;5-3(6)1-2-4(7)8/h3-6,8-13,18,27H,7,14-17H2,1-2H3;1-2H,(H,5,6)(H,7,8)/b;2-1+. The van der Waals surface area contributed by atoms with E-state index in [1.165, 1.54) is 21.8 Å². The summed E-state index contributed by atoms with van der Waals surface area (Å²) in [5.41, 5.74) is 3.23. The first-order valence-electron chi connectivity index (χ1n) is 12.5. The summed E-state index contributed by atoms with van der Waals surface area (Å²) in [6.07, 6.45) is 2.50. The number of aryl methyl sites for hydroxylation is 1. The summed E-state index contributed by atoms with van der Waals surface area (Å²) in [5, 5.41) is 22.1. The molecule has 0 saturated carbocycles. The van der Waals surface area contributed by atoms with Crippen molar-refractivity contribution in [3.8, 4) is 11.5 Å². The molecular formula is C30H32N2O7. The molecule has 0 bridgehead atoms. The molecule has 0 unspecified atom stereocenters. The van der Waals surface area contributed by atoms with E-state index in [1.807, 2.05) is 0 Å². The summed E-state index contributed by atoms with van der Waals surface area (Å²) in [6, 6.07) is 22.5. The van der Waals surface area contributed by atoms with Gasteiger partial charge < -0.3 is 34.4 Å². The Morgan fingerprint density at radius 1 is 0.872 bits per heavy atom. The molecule has 0 amide bonds. The smallest absolute Gasteiger partial charge is 0.328 e. The van der Waals surface area contributed by atoms with Crippen molar-refractivity contribution in [1.82, 2.24) is 4.57 Å². The van der Waals surface area contributed by atoms with Crippen LogP contribution in [0.15, 0.2) is 78.9 Å². The molecule has 0 aliphatic rings. The molecule has 0 aliphatic carbocycles. The number of aromatic nitrogens is 1. The maximum atomic E-state index is 12.5. The van der Waals surface area contributed by atoms with Crippen molar-refractivity contribution in [3.05, 3.63) is 84.4 Å². The molecule has 4 rings (SSSR count). The number of rotatable bonds is 12. The highest BCUT2D eigenvalue weighted by Gasteiger charge is 2.12. The number of ketones is 1. The van der Waals surface area contributed by atoms with Crippen molar-refractivity contribution in [2.24, 2.45) is 0 Å². The maximum Gasteiger partial charge on any atom is 0.328 e. The van der Waals surface area contributed by atoms with Crippen LogP contribution in [-0.4, -0.2) is 54.7 Å². The largest absolute Gasteiger partial charge is 0.545 e. The van der Waals surface area contributed by atoms with Gasteiger partial charge in [-0.25, -0.2) is 4.79 Å². The van der Waals surface area contributed by atoms with Crippen molar-refractivity contribution >= 4 is 39.5 Å². The topological polar surface area (TPSA) is 134 Å². The molecule has 4 aromatic rings. The Hall–Kier alpha value is -4.63. The molecule has 204 valence electrons. The third kappa shape index (κ3) is 7.93. The number of aliphatic carboxylic acids is 2. The van der Waals surface area contributed by atoms with Gasteiger partial charge in [-0.1, -0.05) is 36.4 Å². The number of Topliss-reactive ketones (excluding diaryl/α,β-unsaturated/α-hetero) is 1. The Bertz CT molecular complexity index is 1400. The SMILES string of the molecule is COc1ccc(C(=O)CC[NH2+]CCCn2c3ccccc3c3ccccc32)cc1OC.O=C([O-])/C=C/C(=O)O. The summed E-state index contributed by atoms with van der Waals surface area (Å²) >= 11 is 0. The summed E-state index contributed by atoms with van der Waals surface area (Å²) in [4.78, 5) is 31.5. The lowest BCUT2D eigenvalue weighted by Crippen LogP contribution is -2.84. The molecule has 0 aliphatic heterocycles. The van der Waals surface area contributed by atoms with E-state index in [1.54, 1.807) is 32.4 Å². The molecule has 0 spiro atoms. The number of quaternary nitrogens is 1. The third-order valence-corrected chi connectivity index (χ3v) is 6.11. The monoisotopic (exact) mass is 532 g/mol. The molecule has 9 heteroatoms. The highest BCUT2D eigenvalue weighted by Crippen LogP contribution is 2.29. The second kappa shape index (κ2) is 14.3. The lowest BCUT2D eigenvalue weighted by Gasteiger charge is -2.09. The minimum atomic E-state index is -1.51. The van der Waals surface area contributed by atoms with E-state index in [9.17, 15) is 19.5 Å². The van der Waals surface area contributed by atoms with Crippen LogP contribution in [0.1, 0.15) is 23.2 Å². The molecule has 39 heavy (non-hydrogen) atoms. The van der Waals surface area contributed by atoms with Crippen molar-refractivity contribution in [3.63, 3.8) is 0 Å². The number of fused-ring (bicyclic) bond motifs is 3. The molecule has 9 nitrogen and oxygen atoms in total. The number of nitrogens with zero attached hydrogens (tertiary/aromatic N) is 1. The number of carboxylic acids is 2. The molecule has 3 N–H and O–H groups in total. The zero-order valence-electron chi connectivity index (χ0n) is 22.0. The molecule has 0 atom stereocenters. The molecular weight excluding hydrogens is 500 g/mol. The second-order valence-corrected chi connectivity index (χ2v) is 8.64. The quantitative estimate of drug-likeness (QED) is 0.163. The summed E-state index contributed by atoms with van der Waals surface area (Å²) in [6.45, 7) is 2.73. The molecule has 3 aromatic carbocycles. The maximum absolute atomic E-state index is 12.5. The fourth-order valence-corrected chi connectivity index (χ4v) is 4.31. The van der Waals surface area contributed by atoms with E-state index >= 15 is 0 Å². The Morgan fingerprint density at radius 3 is 2.03 bits per heavy atom. The normalized spacial score (nSPS) is 10.8. The van der Waals surface area contributed by atoms with Gasteiger partial charge in [0.2, 0.25) is 0 Å². The number of ether oxygens (including phenoxy) is 2. The van der Waals surface area contributed by atoms with Gasteiger partial charge in [0.25, 0.3) is 0 Å². The number of para-hydroxylation sites is 2. The Labute approximate surface area is 226 Å². The van der Waals surface area contributed by atoms with Gasteiger partial charge in [0, 0.05) is 46.4 Å². The van der Waals surface area contributed by atoms with Crippen LogP contribution < -0.4 is 19.9 Å². The van der Waals surface area contributed by atoms with Gasteiger partial charge in [-0.05, 0) is 36.4 Å². The number of carbonyl (C=O) groups is 3. The van der Waals surface area contributed by atoms with Gasteiger partial charge in [-0.2, -0.15) is 0 Å². The van der Waals surface area contributed by atoms with Crippen molar-refractivity contribution < 1.29 is 39.4 Å². The Balaban J connectivity index is 0.000000459. The lowest BCUT2D eigenvalue weighted by molar-refractivity contribution is -0.654. The first-order valence-corrected chi connectivity index (χ1v) is 12.5. The van der Waals surface area contributed by atoms with Crippen LogP contribution in [0.25, 0.3) is 21.8 Å². The number of nitrogens with two attached hydrogens (primary N) is 1. The van der Waals surface area contributed by atoms with Crippen LogP contribution >= 0.6 is 0 Å². The number of benzene rings is 3. The summed E-state index contributed by atoms with van der Waals surface area (Å²) in [5.74, 6) is -1.46. The molecule has 0 saturated heterocycles. The number of methoxy groups -OCH3 is 2. The minimum Gasteiger partial charge on any atom is -0.545 e. The van der Waals surface area contributed by atoms with Crippen LogP contribution in [0.3, 0.4) is 0 Å². The van der Waals surface area contributed by atoms with Crippen LogP contribution in [-0.2, 0) is 16.1 Å². The number of hydrogen-bond acceptors (Lipinski definition) is 6. The van der Waals surface area contributed by atoms with Gasteiger partial charge in [0.15, 0.2) is 17.3 Å². The Kier molecular flexibility index (Phi) is 10.6. The van der Waals surface area contributed by atoms with Crippen molar-refractivity contribution in [2.45, 2.75) is 19.4 Å². The minimum absolute atomic E-state index is 0.125. The van der Waals surface area contributed by atoms with Crippen LogP contribution in [0, 0.1) is 0 Å². The van der Waals surface area contributed by atoms with E-state index in [-0.39, 0.29) is 5.78 Å². The van der Waals surface area contributed by atoms with Gasteiger partial charge in [-0.3, -0.25) is 4.79 Å². The van der Waals surface area contributed by atoms with E-state index < -0.39 is 11.9 Å². The average molecular weight is 533 g/mol. The number of carbonyl (C=O) groups excluding carboxylic acids is 2. The fraction of sp³-hybridized carbons (Fsp3) is 0.233. The number of carboxylic acid groups (broad SMARTS) is 2. The summed E-state index contributed by atoms with van der Waals surface area (Å²) < 4.78 is 12.9. The van der Waals surface area contributed by atoms with Crippen LogP contribution in [0.4, 0.5) is 0 Å². The lowest BCUT2D eigenvalue weighted by atomic mass is 10.1. The number of hydrogen-bond donors (Lipinski definition) is 2. The van der Waals surface area contributed by atoms with Gasteiger partial charge >= 0.3 is 5.97 Å². The highest BCUT2D eigenvalue weighted by molar-refractivity contribution is 6.07. The molecule has 0 radical (unpaired) electrons. The Morgan fingerprint density at radius 2 is 1.49 bits per heavy atom. The summed E-state index contributed by atoms with van der Waals surface area (Å²) in [7, 11) is 3.17. The highest BCUT2D eigenvalue weighted by atomic mass is 16.5. The van der Waals surface area contributed by atoms with E-state index in [0.29, 0.717) is 35.6 Å².